The van der Waals surface area contributed by atoms with Gasteiger partial charge in [0.1, 0.15) is 5.75 Å². The summed E-state index contributed by atoms with van der Waals surface area (Å²) < 4.78 is 5.21. The molecule has 0 atom stereocenters. The van der Waals surface area contributed by atoms with Gasteiger partial charge in [-0.1, -0.05) is 30.3 Å². The van der Waals surface area contributed by atoms with Crippen LogP contribution < -0.4 is 4.74 Å². The van der Waals surface area contributed by atoms with Gasteiger partial charge < -0.3 is 9.84 Å². The maximum atomic E-state index is 10.4. The van der Waals surface area contributed by atoms with Crippen molar-refractivity contribution in [1.29, 1.82) is 0 Å². The lowest BCUT2D eigenvalue weighted by molar-refractivity contribution is -0.139. The second-order valence-electron chi connectivity index (χ2n) is 3.59. The highest BCUT2D eigenvalue weighted by molar-refractivity contribution is 5.87. The Bertz CT molecular complexity index is 532. The molecule has 2 aromatic rings. The van der Waals surface area contributed by atoms with Gasteiger partial charge in [-0.15, -0.1) is 0 Å². The fraction of sp³-hybridized carbons (Fsp3) is 0.154. The van der Waals surface area contributed by atoms with Gasteiger partial charge in [0.15, 0.2) is 6.61 Å². The Morgan fingerprint density at radius 3 is 2.75 bits per heavy atom. The van der Waals surface area contributed by atoms with Crippen LogP contribution in [0, 0.1) is 6.92 Å². The molecule has 0 fully saturated rings. The maximum Gasteiger partial charge on any atom is 0.341 e. The molecule has 3 nitrogen and oxygen atoms in total. The van der Waals surface area contributed by atoms with Gasteiger partial charge in [-0.25, -0.2) is 4.79 Å². The smallest absolute Gasteiger partial charge is 0.341 e. The van der Waals surface area contributed by atoms with Crippen molar-refractivity contribution < 1.29 is 14.6 Å². The molecule has 0 spiro atoms. The van der Waals surface area contributed by atoms with E-state index in [1.807, 2.05) is 37.3 Å². The summed E-state index contributed by atoms with van der Waals surface area (Å²) in [5.41, 5.74) is 0.972. The van der Waals surface area contributed by atoms with Gasteiger partial charge in [0, 0.05) is 0 Å². The van der Waals surface area contributed by atoms with E-state index in [2.05, 4.69) is 0 Å². The highest BCUT2D eigenvalue weighted by Crippen LogP contribution is 2.26. The number of carbonyl (C=O) groups is 1. The van der Waals surface area contributed by atoms with E-state index in [9.17, 15) is 4.79 Å². The third-order valence-electron chi connectivity index (χ3n) is 2.50. The molecule has 0 amide bonds. The molecule has 82 valence electrons. The Kier molecular flexibility index (Phi) is 2.77. The van der Waals surface area contributed by atoms with Gasteiger partial charge >= 0.3 is 5.97 Å². The highest BCUT2D eigenvalue weighted by atomic mass is 16.5. The maximum absolute atomic E-state index is 10.4. The van der Waals surface area contributed by atoms with Crippen molar-refractivity contribution in [2.45, 2.75) is 6.92 Å². The SMILES string of the molecule is Cc1c(OCC(=O)O)ccc2ccccc12. The first-order chi connectivity index (χ1) is 7.68. The van der Waals surface area contributed by atoms with Crippen LogP contribution in [0.1, 0.15) is 5.56 Å². The molecule has 0 saturated carbocycles. The lowest BCUT2D eigenvalue weighted by atomic mass is 10.0. The number of hydrogen-bond donors (Lipinski definition) is 1. The molecule has 0 bridgehead atoms. The zero-order valence-corrected chi connectivity index (χ0v) is 8.93. The average molecular weight is 216 g/mol. The molecule has 0 aromatic heterocycles. The fourth-order valence-corrected chi connectivity index (χ4v) is 1.70. The standard InChI is InChI=1S/C13H12O3/c1-9-11-5-3-2-4-10(11)6-7-12(9)16-8-13(14)15/h2-7H,8H2,1H3,(H,14,15). The summed E-state index contributed by atoms with van der Waals surface area (Å²) in [6, 6.07) is 11.7. The van der Waals surface area contributed by atoms with E-state index in [0.29, 0.717) is 5.75 Å². The van der Waals surface area contributed by atoms with Crippen LogP contribution in [0.15, 0.2) is 36.4 Å². The van der Waals surface area contributed by atoms with E-state index >= 15 is 0 Å². The van der Waals surface area contributed by atoms with Crippen LogP contribution in [0.25, 0.3) is 10.8 Å². The van der Waals surface area contributed by atoms with E-state index in [1.165, 1.54) is 0 Å². The molecule has 0 aliphatic carbocycles. The van der Waals surface area contributed by atoms with Crippen molar-refractivity contribution in [2.75, 3.05) is 6.61 Å². The third-order valence-corrected chi connectivity index (χ3v) is 2.50. The molecule has 0 aliphatic heterocycles. The van der Waals surface area contributed by atoms with Crippen LogP contribution in [0.4, 0.5) is 0 Å². The fourth-order valence-electron chi connectivity index (χ4n) is 1.70. The number of benzene rings is 2. The molecule has 0 aliphatic rings. The zero-order chi connectivity index (χ0) is 11.5. The predicted molar refractivity (Wildman–Crippen MR) is 61.8 cm³/mol. The van der Waals surface area contributed by atoms with Crippen LogP contribution in [-0.2, 0) is 4.79 Å². The number of rotatable bonds is 3. The van der Waals surface area contributed by atoms with Gasteiger partial charge in [-0.05, 0) is 29.3 Å². The highest BCUT2D eigenvalue weighted by Gasteiger charge is 2.05. The van der Waals surface area contributed by atoms with Gasteiger partial charge in [0.25, 0.3) is 0 Å². The first-order valence-electron chi connectivity index (χ1n) is 5.01. The minimum atomic E-state index is -0.965. The monoisotopic (exact) mass is 216 g/mol. The second kappa shape index (κ2) is 4.23. The minimum Gasteiger partial charge on any atom is -0.482 e. The quantitative estimate of drug-likeness (QED) is 0.857. The van der Waals surface area contributed by atoms with E-state index in [4.69, 9.17) is 9.84 Å². The number of carboxylic acid groups (broad SMARTS) is 1. The van der Waals surface area contributed by atoms with E-state index in [0.717, 1.165) is 16.3 Å². The number of carboxylic acids is 1. The molecule has 3 heteroatoms. The van der Waals surface area contributed by atoms with Crippen LogP contribution in [-0.4, -0.2) is 17.7 Å². The summed E-state index contributed by atoms with van der Waals surface area (Å²) in [5.74, 6) is -0.339. The largest absolute Gasteiger partial charge is 0.482 e. The lowest BCUT2D eigenvalue weighted by Crippen LogP contribution is -2.10. The van der Waals surface area contributed by atoms with Crippen molar-refractivity contribution in [3.63, 3.8) is 0 Å². The van der Waals surface area contributed by atoms with Gasteiger partial charge in [0.05, 0.1) is 0 Å². The first-order valence-corrected chi connectivity index (χ1v) is 5.01. The van der Waals surface area contributed by atoms with E-state index in [-0.39, 0.29) is 6.61 Å². The van der Waals surface area contributed by atoms with Crippen LogP contribution in [0.5, 0.6) is 5.75 Å². The molecule has 16 heavy (non-hydrogen) atoms. The molecule has 1 N–H and O–H groups in total. The van der Waals surface area contributed by atoms with E-state index in [1.54, 1.807) is 6.07 Å². The Morgan fingerprint density at radius 2 is 2.00 bits per heavy atom. The minimum absolute atomic E-state index is 0.306. The first kappa shape index (κ1) is 10.5. The summed E-state index contributed by atoms with van der Waals surface area (Å²) in [7, 11) is 0. The normalized spacial score (nSPS) is 10.3. The predicted octanol–water partition coefficient (Wildman–Crippen LogP) is 2.61. The van der Waals surface area contributed by atoms with Crippen LogP contribution >= 0.6 is 0 Å². The summed E-state index contributed by atoms with van der Waals surface area (Å²) >= 11 is 0. The summed E-state index contributed by atoms with van der Waals surface area (Å²) in [6.07, 6.45) is 0. The second-order valence-corrected chi connectivity index (χ2v) is 3.59. The number of aryl methyl sites for hydroxylation is 1. The van der Waals surface area contributed by atoms with Crippen molar-refractivity contribution in [2.24, 2.45) is 0 Å². The molecule has 0 saturated heterocycles. The molecule has 2 aromatic carbocycles. The average Bonchev–Trinajstić information content (AvgIpc) is 2.28. The van der Waals surface area contributed by atoms with Crippen LogP contribution in [0.2, 0.25) is 0 Å². The Labute approximate surface area is 93.3 Å². The Morgan fingerprint density at radius 1 is 1.25 bits per heavy atom. The number of hydrogen-bond acceptors (Lipinski definition) is 2. The zero-order valence-electron chi connectivity index (χ0n) is 8.93. The lowest BCUT2D eigenvalue weighted by Gasteiger charge is -2.09. The van der Waals surface area contributed by atoms with Crippen molar-refractivity contribution in [1.82, 2.24) is 0 Å². The molecule has 0 heterocycles. The van der Waals surface area contributed by atoms with E-state index < -0.39 is 5.97 Å². The molecular weight excluding hydrogens is 204 g/mol. The Hall–Kier alpha value is -2.03. The van der Waals surface area contributed by atoms with Gasteiger partial charge in [-0.3, -0.25) is 0 Å². The number of ether oxygens (including phenoxy) is 1. The molecule has 0 radical (unpaired) electrons. The molecular formula is C13H12O3. The van der Waals surface area contributed by atoms with Crippen molar-refractivity contribution in [3.05, 3.63) is 42.0 Å². The summed E-state index contributed by atoms with van der Waals surface area (Å²) in [6.45, 7) is 1.62. The van der Waals surface area contributed by atoms with Gasteiger partial charge in [0.2, 0.25) is 0 Å². The summed E-state index contributed by atoms with van der Waals surface area (Å²) in [5, 5.41) is 10.8. The van der Waals surface area contributed by atoms with Crippen molar-refractivity contribution in [3.8, 4) is 5.75 Å². The Balaban J connectivity index is 2.40. The van der Waals surface area contributed by atoms with Gasteiger partial charge in [-0.2, -0.15) is 0 Å². The van der Waals surface area contributed by atoms with Crippen molar-refractivity contribution >= 4 is 16.7 Å². The third kappa shape index (κ3) is 1.98. The topological polar surface area (TPSA) is 46.5 Å². The number of aliphatic carboxylic acids is 1. The molecule has 2 rings (SSSR count). The van der Waals surface area contributed by atoms with Crippen LogP contribution in [0.3, 0.4) is 0 Å². The summed E-state index contributed by atoms with van der Waals surface area (Å²) in [4.78, 5) is 10.4. The number of fused-ring (bicyclic) bond motifs is 1. The molecule has 0 unspecified atom stereocenters.